The third-order valence-electron chi connectivity index (χ3n) is 2.84. The number of halogens is 2. The Morgan fingerprint density at radius 3 is 2.55 bits per heavy atom. The molecule has 0 aliphatic rings. The topological polar surface area (TPSA) is 56.0 Å². The quantitative estimate of drug-likeness (QED) is 0.906. The first-order valence-corrected chi connectivity index (χ1v) is 6.35. The number of rotatable bonds is 4. The molecule has 0 heterocycles. The number of aliphatic hydroxyl groups excluding tert-OH is 1. The molecule has 2 aromatic rings. The minimum Gasteiger partial charge on any atom is -0.387 e. The Labute approximate surface area is 121 Å². The molecule has 0 aliphatic heterocycles. The van der Waals surface area contributed by atoms with Gasteiger partial charge < -0.3 is 10.4 Å². The Morgan fingerprint density at radius 2 is 1.95 bits per heavy atom. The fraction of sp³-hybridized carbons (Fsp3) is 0.133. The number of nitrogens with one attached hydrogen (secondary N) is 1. The molecule has 0 aliphatic carbocycles. The molecule has 0 saturated carbocycles. The van der Waals surface area contributed by atoms with Crippen LogP contribution < -0.4 is 5.32 Å². The van der Waals surface area contributed by atoms with Gasteiger partial charge in [-0.1, -0.05) is 23.7 Å². The molecular weight excluding hydrogens is 279 g/mol. The van der Waals surface area contributed by atoms with Gasteiger partial charge in [0.25, 0.3) is 0 Å². The minimum absolute atomic E-state index is 0.0585. The molecule has 0 spiro atoms. The summed E-state index contributed by atoms with van der Waals surface area (Å²) in [6, 6.07) is 13.0. The summed E-state index contributed by atoms with van der Waals surface area (Å²) >= 11 is 5.59. The van der Waals surface area contributed by atoms with Crippen LogP contribution in [0.15, 0.2) is 42.5 Å². The summed E-state index contributed by atoms with van der Waals surface area (Å²) in [6.07, 6.45) is -0.749. The number of aliphatic hydroxyl groups is 1. The second kappa shape index (κ2) is 6.38. The van der Waals surface area contributed by atoms with Gasteiger partial charge in [0, 0.05) is 12.2 Å². The van der Waals surface area contributed by atoms with Crippen molar-refractivity contribution in [3.63, 3.8) is 0 Å². The van der Waals surface area contributed by atoms with E-state index in [9.17, 15) is 9.50 Å². The predicted octanol–water partition coefficient (Wildman–Crippen LogP) is 3.50. The van der Waals surface area contributed by atoms with Crippen molar-refractivity contribution in [3.05, 3.63) is 64.4 Å². The van der Waals surface area contributed by atoms with E-state index < -0.39 is 11.9 Å². The first-order chi connectivity index (χ1) is 9.60. The third-order valence-corrected chi connectivity index (χ3v) is 3.15. The number of nitriles is 1. The van der Waals surface area contributed by atoms with E-state index in [2.05, 4.69) is 5.32 Å². The van der Waals surface area contributed by atoms with E-state index >= 15 is 0 Å². The number of hydrogen-bond acceptors (Lipinski definition) is 3. The fourth-order valence-corrected chi connectivity index (χ4v) is 1.84. The molecule has 0 radical (unpaired) electrons. The number of benzene rings is 2. The lowest BCUT2D eigenvalue weighted by molar-refractivity contribution is 0.191. The van der Waals surface area contributed by atoms with E-state index in [-0.39, 0.29) is 11.6 Å². The van der Waals surface area contributed by atoms with Gasteiger partial charge in [0.05, 0.1) is 22.8 Å². The van der Waals surface area contributed by atoms with Crippen LogP contribution in [0.25, 0.3) is 0 Å². The molecule has 1 unspecified atom stereocenters. The molecule has 3 nitrogen and oxygen atoms in total. The van der Waals surface area contributed by atoms with Gasteiger partial charge >= 0.3 is 0 Å². The zero-order valence-corrected chi connectivity index (χ0v) is 11.2. The predicted molar refractivity (Wildman–Crippen MR) is 76.0 cm³/mol. The van der Waals surface area contributed by atoms with Gasteiger partial charge in [-0.05, 0) is 35.9 Å². The average Bonchev–Trinajstić information content (AvgIpc) is 2.48. The van der Waals surface area contributed by atoms with Gasteiger partial charge in [-0.2, -0.15) is 5.26 Å². The molecule has 0 amide bonds. The van der Waals surface area contributed by atoms with Crippen LogP contribution in [-0.4, -0.2) is 11.7 Å². The average molecular weight is 291 g/mol. The molecule has 2 rings (SSSR count). The van der Waals surface area contributed by atoms with Crippen molar-refractivity contribution in [2.24, 2.45) is 0 Å². The molecule has 0 fully saturated rings. The van der Waals surface area contributed by atoms with Gasteiger partial charge in [0.1, 0.15) is 5.82 Å². The molecule has 0 aromatic heterocycles. The zero-order chi connectivity index (χ0) is 14.5. The van der Waals surface area contributed by atoms with Crippen LogP contribution >= 0.6 is 11.6 Å². The number of anilines is 1. The van der Waals surface area contributed by atoms with E-state index in [1.807, 2.05) is 6.07 Å². The smallest absolute Gasteiger partial charge is 0.143 e. The lowest BCUT2D eigenvalue weighted by Crippen LogP contribution is -2.12. The van der Waals surface area contributed by atoms with Crippen LogP contribution in [0.4, 0.5) is 10.1 Å². The number of hydrogen-bond donors (Lipinski definition) is 2. The van der Waals surface area contributed by atoms with Crippen LogP contribution in [-0.2, 0) is 0 Å². The first kappa shape index (κ1) is 14.3. The molecule has 2 aromatic carbocycles. The van der Waals surface area contributed by atoms with E-state index in [1.54, 1.807) is 30.3 Å². The SMILES string of the molecule is N#Cc1ccc(C(O)CNc2ccc(Cl)c(F)c2)cc1. The Morgan fingerprint density at radius 1 is 1.25 bits per heavy atom. The monoisotopic (exact) mass is 290 g/mol. The van der Waals surface area contributed by atoms with Crippen molar-refractivity contribution < 1.29 is 9.50 Å². The van der Waals surface area contributed by atoms with Crippen molar-refractivity contribution in [1.29, 1.82) is 5.26 Å². The van der Waals surface area contributed by atoms with Gasteiger partial charge in [-0.15, -0.1) is 0 Å². The molecular formula is C15H12ClFN2O. The first-order valence-electron chi connectivity index (χ1n) is 5.97. The van der Waals surface area contributed by atoms with E-state index in [0.29, 0.717) is 16.8 Å². The molecule has 5 heteroatoms. The summed E-state index contributed by atoms with van der Waals surface area (Å²) < 4.78 is 13.2. The fourth-order valence-electron chi connectivity index (χ4n) is 1.72. The summed E-state index contributed by atoms with van der Waals surface area (Å²) in [7, 11) is 0. The summed E-state index contributed by atoms with van der Waals surface area (Å²) in [6.45, 7) is 0.229. The molecule has 20 heavy (non-hydrogen) atoms. The molecule has 102 valence electrons. The van der Waals surface area contributed by atoms with Crippen molar-refractivity contribution >= 4 is 17.3 Å². The van der Waals surface area contributed by atoms with Crippen LogP contribution in [0, 0.1) is 17.1 Å². The highest BCUT2D eigenvalue weighted by Gasteiger charge is 2.08. The van der Waals surface area contributed by atoms with Crippen LogP contribution in [0.5, 0.6) is 0 Å². The second-order valence-electron chi connectivity index (χ2n) is 4.26. The maximum atomic E-state index is 13.2. The Balaban J connectivity index is 1.99. The number of nitrogens with zero attached hydrogens (tertiary/aromatic N) is 1. The second-order valence-corrected chi connectivity index (χ2v) is 4.67. The lowest BCUT2D eigenvalue weighted by atomic mass is 10.1. The van der Waals surface area contributed by atoms with E-state index in [4.69, 9.17) is 16.9 Å². The van der Waals surface area contributed by atoms with Crippen molar-refractivity contribution in [3.8, 4) is 6.07 Å². The van der Waals surface area contributed by atoms with E-state index in [0.717, 1.165) is 0 Å². The Bertz CT molecular complexity index is 637. The maximum absolute atomic E-state index is 13.2. The van der Waals surface area contributed by atoms with Crippen LogP contribution in [0.2, 0.25) is 5.02 Å². The highest BCUT2D eigenvalue weighted by molar-refractivity contribution is 6.30. The van der Waals surface area contributed by atoms with Gasteiger partial charge in [-0.25, -0.2) is 4.39 Å². The minimum atomic E-state index is -0.749. The van der Waals surface area contributed by atoms with E-state index in [1.165, 1.54) is 12.1 Å². The Hall–Kier alpha value is -2.09. The standard InChI is InChI=1S/C15H12ClFN2O/c16-13-6-5-12(7-14(13)17)19-9-15(20)11-3-1-10(8-18)2-4-11/h1-7,15,19-20H,9H2. The lowest BCUT2D eigenvalue weighted by Gasteiger charge is -2.13. The van der Waals surface area contributed by atoms with Crippen molar-refractivity contribution in [1.82, 2.24) is 0 Å². The van der Waals surface area contributed by atoms with Crippen LogP contribution in [0.3, 0.4) is 0 Å². The highest BCUT2D eigenvalue weighted by Crippen LogP contribution is 2.20. The summed E-state index contributed by atoms with van der Waals surface area (Å²) in [5.74, 6) is -0.510. The summed E-state index contributed by atoms with van der Waals surface area (Å²) in [4.78, 5) is 0. The van der Waals surface area contributed by atoms with Crippen molar-refractivity contribution in [2.75, 3.05) is 11.9 Å². The van der Waals surface area contributed by atoms with Gasteiger partial charge in [-0.3, -0.25) is 0 Å². The zero-order valence-electron chi connectivity index (χ0n) is 10.5. The molecule has 0 bridgehead atoms. The van der Waals surface area contributed by atoms with Crippen molar-refractivity contribution in [2.45, 2.75) is 6.10 Å². The molecule has 2 N–H and O–H groups in total. The molecule has 0 saturated heterocycles. The third kappa shape index (κ3) is 3.47. The van der Waals surface area contributed by atoms with Gasteiger partial charge in [0.15, 0.2) is 0 Å². The summed E-state index contributed by atoms with van der Waals surface area (Å²) in [5, 5.41) is 21.7. The summed E-state index contributed by atoms with van der Waals surface area (Å²) in [5.41, 5.74) is 1.76. The highest BCUT2D eigenvalue weighted by atomic mass is 35.5. The largest absolute Gasteiger partial charge is 0.387 e. The normalized spacial score (nSPS) is 11.7. The van der Waals surface area contributed by atoms with Crippen LogP contribution in [0.1, 0.15) is 17.2 Å². The Kier molecular flexibility index (Phi) is 4.57. The maximum Gasteiger partial charge on any atom is 0.143 e. The van der Waals surface area contributed by atoms with Gasteiger partial charge in [0.2, 0.25) is 0 Å². The molecule has 1 atom stereocenters.